The van der Waals surface area contributed by atoms with Crippen LogP contribution in [0.5, 0.6) is 0 Å². The molecule has 0 aliphatic carbocycles. The highest BCUT2D eigenvalue weighted by Gasteiger charge is 2.10. The standard InChI is InChI=1S/C16H18N4/c1-11-18-14-10-12(8-9-16(14)19(11)2)20(3)15-7-5-4-6-13(15)17/h4-10H,17H2,1-3H3. The average molecular weight is 266 g/mol. The molecule has 0 saturated heterocycles. The highest BCUT2D eigenvalue weighted by molar-refractivity contribution is 5.83. The number of rotatable bonds is 2. The second-order valence-corrected chi connectivity index (χ2v) is 5.01. The number of para-hydroxylation sites is 2. The first-order valence-corrected chi connectivity index (χ1v) is 6.59. The number of nitrogen functional groups attached to an aromatic ring is 1. The van der Waals surface area contributed by atoms with E-state index in [0.29, 0.717) is 0 Å². The highest BCUT2D eigenvalue weighted by atomic mass is 15.1. The van der Waals surface area contributed by atoms with Crippen molar-refractivity contribution in [2.75, 3.05) is 17.7 Å². The van der Waals surface area contributed by atoms with Crippen LogP contribution in [0.1, 0.15) is 5.82 Å². The normalized spacial score (nSPS) is 10.9. The van der Waals surface area contributed by atoms with Crippen LogP contribution in [-0.4, -0.2) is 16.6 Å². The number of anilines is 3. The zero-order chi connectivity index (χ0) is 14.3. The summed E-state index contributed by atoms with van der Waals surface area (Å²) in [7, 11) is 4.05. The summed E-state index contributed by atoms with van der Waals surface area (Å²) in [6, 6.07) is 14.1. The molecule has 0 aliphatic rings. The molecule has 0 radical (unpaired) electrons. The Bertz CT molecular complexity index is 773. The molecule has 2 N–H and O–H groups in total. The molecule has 0 bridgehead atoms. The number of nitrogens with two attached hydrogens (primary N) is 1. The van der Waals surface area contributed by atoms with Crippen LogP contribution in [0.4, 0.5) is 17.1 Å². The van der Waals surface area contributed by atoms with Crippen LogP contribution in [0.2, 0.25) is 0 Å². The van der Waals surface area contributed by atoms with Gasteiger partial charge in [-0.2, -0.15) is 0 Å². The maximum Gasteiger partial charge on any atom is 0.106 e. The van der Waals surface area contributed by atoms with Crippen molar-refractivity contribution in [1.82, 2.24) is 9.55 Å². The second kappa shape index (κ2) is 4.56. The van der Waals surface area contributed by atoms with Crippen molar-refractivity contribution >= 4 is 28.1 Å². The van der Waals surface area contributed by atoms with Gasteiger partial charge in [0.15, 0.2) is 0 Å². The largest absolute Gasteiger partial charge is 0.397 e. The summed E-state index contributed by atoms with van der Waals surface area (Å²) in [6.07, 6.45) is 0. The van der Waals surface area contributed by atoms with Crippen LogP contribution in [0, 0.1) is 6.92 Å². The van der Waals surface area contributed by atoms with Gasteiger partial charge in [0.25, 0.3) is 0 Å². The number of benzene rings is 2. The van der Waals surface area contributed by atoms with Crippen molar-refractivity contribution in [2.24, 2.45) is 7.05 Å². The van der Waals surface area contributed by atoms with E-state index in [-0.39, 0.29) is 0 Å². The Hall–Kier alpha value is -2.49. The Balaban J connectivity index is 2.08. The lowest BCUT2D eigenvalue weighted by molar-refractivity contribution is 0.886. The predicted octanol–water partition coefficient (Wildman–Crippen LogP) is 3.23. The molecule has 4 heteroatoms. The van der Waals surface area contributed by atoms with Crippen molar-refractivity contribution in [2.45, 2.75) is 6.92 Å². The molecule has 0 aliphatic heterocycles. The SMILES string of the molecule is Cc1nc2cc(N(C)c3ccccc3N)ccc2n1C. The van der Waals surface area contributed by atoms with E-state index in [1.165, 1.54) is 0 Å². The summed E-state index contributed by atoms with van der Waals surface area (Å²) in [4.78, 5) is 6.66. The molecule has 4 nitrogen and oxygen atoms in total. The molecule has 3 aromatic rings. The lowest BCUT2D eigenvalue weighted by Gasteiger charge is -2.21. The third-order valence-corrected chi connectivity index (χ3v) is 3.77. The van der Waals surface area contributed by atoms with E-state index in [0.717, 1.165) is 33.9 Å². The molecule has 3 rings (SSSR count). The fourth-order valence-electron chi connectivity index (χ4n) is 2.45. The van der Waals surface area contributed by atoms with E-state index in [9.17, 15) is 0 Å². The molecule has 0 spiro atoms. The molecule has 1 heterocycles. The molecule has 1 aromatic heterocycles. The molecule has 0 atom stereocenters. The molecular formula is C16H18N4. The Kier molecular flexibility index (Phi) is 2.86. The first-order chi connectivity index (χ1) is 9.58. The van der Waals surface area contributed by atoms with Crippen molar-refractivity contribution in [3.05, 3.63) is 48.3 Å². The maximum absolute atomic E-state index is 6.04. The van der Waals surface area contributed by atoms with Crippen LogP contribution >= 0.6 is 0 Å². The molecular weight excluding hydrogens is 248 g/mol. The van der Waals surface area contributed by atoms with E-state index in [2.05, 4.69) is 32.7 Å². The zero-order valence-electron chi connectivity index (χ0n) is 12.0. The van der Waals surface area contributed by atoms with Crippen LogP contribution in [-0.2, 0) is 7.05 Å². The maximum atomic E-state index is 6.04. The zero-order valence-corrected chi connectivity index (χ0v) is 12.0. The third kappa shape index (κ3) is 1.90. The monoisotopic (exact) mass is 266 g/mol. The van der Waals surface area contributed by atoms with Gasteiger partial charge in [0.1, 0.15) is 5.82 Å². The smallest absolute Gasteiger partial charge is 0.106 e. The number of fused-ring (bicyclic) bond motifs is 1. The van der Waals surface area contributed by atoms with Crippen LogP contribution < -0.4 is 10.6 Å². The van der Waals surface area contributed by atoms with Gasteiger partial charge in [0.05, 0.1) is 22.4 Å². The minimum atomic E-state index is 0.771. The number of imidazole rings is 1. The summed E-state index contributed by atoms with van der Waals surface area (Å²) in [5.41, 5.74) is 11.0. The molecule has 0 amide bonds. The quantitative estimate of drug-likeness (QED) is 0.724. The summed E-state index contributed by atoms with van der Waals surface area (Å²) in [6.45, 7) is 2.01. The van der Waals surface area contributed by atoms with E-state index in [1.54, 1.807) is 0 Å². The van der Waals surface area contributed by atoms with Gasteiger partial charge in [-0.1, -0.05) is 12.1 Å². The van der Waals surface area contributed by atoms with E-state index < -0.39 is 0 Å². The minimum absolute atomic E-state index is 0.771. The lowest BCUT2D eigenvalue weighted by atomic mass is 10.2. The Morgan fingerprint density at radius 2 is 1.90 bits per heavy atom. The molecule has 0 fully saturated rings. The number of hydrogen-bond donors (Lipinski definition) is 1. The summed E-state index contributed by atoms with van der Waals surface area (Å²) < 4.78 is 2.09. The van der Waals surface area contributed by atoms with Gasteiger partial charge in [-0.15, -0.1) is 0 Å². The fraction of sp³-hybridized carbons (Fsp3) is 0.188. The average Bonchev–Trinajstić information content (AvgIpc) is 2.73. The highest BCUT2D eigenvalue weighted by Crippen LogP contribution is 2.30. The van der Waals surface area contributed by atoms with E-state index in [1.807, 2.05) is 45.3 Å². The van der Waals surface area contributed by atoms with Gasteiger partial charge in [0.2, 0.25) is 0 Å². The topological polar surface area (TPSA) is 47.1 Å². The van der Waals surface area contributed by atoms with Crippen LogP contribution in [0.3, 0.4) is 0 Å². The van der Waals surface area contributed by atoms with Gasteiger partial charge < -0.3 is 15.2 Å². The Labute approximate surface area is 118 Å². The fourth-order valence-corrected chi connectivity index (χ4v) is 2.45. The van der Waals surface area contributed by atoms with Crippen molar-refractivity contribution in [1.29, 1.82) is 0 Å². The Morgan fingerprint density at radius 3 is 2.65 bits per heavy atom. The third-order valence-electron chi connectivity index (χ3n) is 3.77. The second-order valence-electron chi connectivity index (χ2n) is 5.01. The van der Waals surface area contributed by atoms with E-state index in [4.69, 9.17) is 5.73 Å². The molecule has 2 aromatic carbocycles. The number of aromatic nitrogens is 2. The molecule has 0 saturated carbocycles. The molecule has 0 unspecified atom stereocenters. The lowest BCUT2D eigenvalue weighted by Crippen LogP contribution is -2.11. The molecule has 102 valence electrons. The summed E-state index contributed by atoms with van der Waals surface area (Å²) in [5, 5.41) is 0. The summed E-state index contributed by atoms with van der Waals surface area (Å²) >= 11 is 0. The van der Waals surface area contributed by atoms with Crippen molar-refractivity contribution < 1.29 is 0 Å². The molecule has 20 heavy (non-hydrogen) atoms. The number of aryl methyl sites for hydroxylation is 2. The van der Waals surface area contributed by atoms with E-state index >= 15 is 0 Å². The van der Waals surface area contributed by atoms with Gasteiger partial charge in [-0.25, -0.2) is 4.98 Å². The van der Waals surface area contributed by atoms with Gasteiger partial charge in [-0.3, -0.25) is 0 Å². The van der Waals surface area contributed by atoms with Crippen molar-refractivity contribution in [3.63, 3.8) is 0 Å². The minimum Gasteiger partial charge on any atom is -0.397 e. The number of nitrogens with zero attached hydrogens (tertiary/aromatic N) is 3. The van der Waals surface area contributed by atoms with Crippen LogP contribution in [0.25, 0.3) is 11.0 Å². The predicted molar refractivity (Wildman–Crippen MR) is 84.4 cm³/mol. The first kappa shape index (κ1) is 12.5. The number of hydrogen-bond acceptors (Lipinski definition) is 3. The van der Waals surface area contributed by atoms with Gasteiger partial charge in [0, 0.05) is 19.8 Å². The Morgan fingerprint density at radius 1 is 1.15 bits per heavy atom. The van der Waals surface area contributed by atoms with Crippen molar-refractivity contribution in [3.8, 4) is 0 Å². The summed E-state index contributed by atoms with van der Waals surface area (Å²) in [5.74, 6) is 1.01. The van der Waals surface area contributed by atoms with Crippen LogP contribution in [0.15, 0.2) is 42.5 Å². The first-order valence-electron chi connectivity index (χ1n) is 6.59. The van der Waals surface area contributed by atoms with Gasteiger partial charge in [-0.05, 0) is 37.3 Å². The van der Waals surface area contributed by atoms with Gasteiger partial charge >= 0.3 is 0 Å².